The highest BCUT2D eigenvalue weighted by molar-refractivity contribution is 7.99. The molecule has 0 radical (unpaired) electrons. The van der Waals surface area contributed by atoms with E-state index in [9.17, 15) is 4.79 Å². The molecule has 1 aliphatic carbocycles. The number of thioether (sulfide) groups is 1. The molecule has 1 N–H and O–H groups in total. The molecule has 1 fully saturated rings. The molecule has 0 saturated heterocycles. The number of para-hydroxylation sites is 2. The third-order valence-corrected chi connectivity index (χ3v) is 5.23. The van der Waals surface area contributed by atoms with Gasteiger partial charge < -0.3 is 5.32 Å². The minimum atomic E-state index is 0.147. The van der Waals surface area contributed by atoms with Gasteiger partial charge in [-0.15, -0.1) is 11.8 Å². The van der Waals surface area contributed by atoms with Gasteiger partial charge in [0.25, 0.3) is 0 Å². The van der Waals surface area contributed by atoms with E-state index in [4.69, 9.17) is 0 Å². The Balaban J connectivity index is 1.52. The van der Waals surface area contributed by atoms with Crippen LogP contribution < -0.4 is 5.32 Å². The zero-order chi connectivity index (χ0) is 16.1. The van der Waals surface area contributed by atoms with Crippen molar-refractivity contribution < 1.29 is 4.79 Å². The third-order valence-electron chi connectivity index (χ3n) is 4.29. The first-order valence-electron chi connectivity index (χ1n) is 8.32. The number of rotatable bonds is 5. The molecule has 122 valence electrons. The van der Waals surface area contributed by atoms with Gasteiger partial charge in [0.05, 0.1) is 28.2 Å². The Morgan fingerprint density at radius 2 is 1.87 bits per heavy atom. The van der Waals surface area contributed by atoms with Crippen LogP contribution in [0.15, 0.2) is 24.3 Å². The van der Waals surface area contributed by atoms with Crippen molar-refractivity contribution in [2.75, 3.05) is 5.75 Å². The summed E-state index contributed by atoms with van der Waals surface area (Å²) in [6, 6.07) is 8.29. The number of fused-ring (bicyclic) bond motifs is 1. The van der Waals surface area contributed by atoms with Gasteiger partial charge in [-0.25, -0.2) is 9.97 Å². The van der Waals surface area contributed by atoms with Crippen LogP contribution in [0.1, 0.15) is 43.5 Å². The molecule has 1 saturated carbocycles. The fraction of sp³-hybridized carbons (Fsp3) is 0.500. The number of nitrogens with zero attached hydrogens (tertiary/aromatic N) is 2. The van der Waals surface area contributed by atoms with E-state index in [-0.39, 0.29) is 5.91 Å². The van der Waals surface area contributed by atoms with E-state index < -0.39 is 0 Å². The normalized spacial score (nSPS) is 15.7. The number of aromatic nitrogens is 2. The molecule has 2 aromatic rings. The summed E-state index contributed by atoms with van der Waals surface area (Å²) in [6.07, 6.45) is 6.05. The average Bonchev–Trinajstić information content (AvgIpc) is 2.56. The second-order valence-electron chi connectivity index (χ2n) is 6.14. The lowest BCUT2D eigenvalue weighted by atomic mass is 9.95. The van der Waals surface area contributed by atoms with Gasteiger partial charge in [-0.2, -0.15) is 0 Å². The Morgan fingerprint density at radius 3 is 2.61 bits per heavy atom. The molecule has 1 heterocycles. The van der Waals surface area contributed by atoms with Crippen molar-refractivity contribution in [1.29, 1.82) is 0 Å². The van der Waals surface area contributed by atoms with Gasteiger partial charge in [-0.05, 0) is 31.9 Å². The molecule has 23 heavy (non-hydrogen) atoms. The topological polar surface area (TPSA) is 54.9 Å². The molecule has 0 bridgehead atoms. The molecule has 3 rings (SSSR count). The van der Waals surface area contributed by atoms with E-state index in [0.29, 0.717) is 11.8 Å². The van der Waals surface area contributed by atoms with Crippen LogP contribution in [0.2, 0.25) is 0 Å². The highest BCUT2D eigenvalue weighted by Gasteiger charge is 2.15. The van der Waals surface area contributed by atoms with Crippen molar-refractivity contribution in [3.8, 4) is 0 Å². The largest absolute Gasteiger partial charge is 0.353 e. The number of carbonyl (C=O) groups excluding carboxylic acids is 1. The maximum absolute atomic E-state index is 12.0. The van der Waals surface area contributed by atoms with Crippen molar-refractivity contribution in [3.63, 3.8) is 0 Å². The Bertz CT molecular complexity index is 683. The number of aryl methyl sites for hydroxylation is 1. The molecule has 1 aliphatic rings. The molecule has 1 aromatic carbocycles. The summed E-state index contributed by atoms with van der Waals surface area (Å²) in [5.41, 5.74) is 3.76. The number of benzene rings is 1. The highest BCUT2D eigenvalue weighted by atomic mass is 32.2. The van der Waals surface area contributed by atoms with E-state index in [0.717, 1.165) is 41.0 Å². The maximum atomic E-state index is 12.0. The lowest BCUT2D eigenvalue weighted by Gasteiger charge is -2.22. The summed E-state index contributed by atoms with van der Waals surface area (Å²) < 4.78 is 0. The summed E-state index contributed by atoms with van der Waals surface area (Å²) in [5.74, 6) is 1.36. The van der Waals surface area contributed by atoms with E-state index in [2.05, 4.69) is 15.3 Å². The molecule has 0 aliphatic heterocycles. The number of hydrogen-bond acceptors (Lipinski definition) is 4. The smallest absolute Gasteiger partial charge is 0.230 e. The first kappa shape index (κ1) is 16.2. The summed E-state index contributed by atoms with van der Waals surface area (Å²) in [4.78, 5) is 21.3. The quantitative estimate of drug-likeness (QED) is 0.910. The summed E-state index contributed by atoms with van der Waals surface area (Å²) in [7, 11) is 0. The van der Waals surface area contributed by atoms with Gasteiger partial charge in [0.2, 0.25) is 5.91 Å². The van der Waals surface area contributed by atoms with E-state index in [1.54, 1.807) is 11.8 Å². The van der Waals surface area contributed by atoms with Crippen LogP contribution in [0.4, 0.5) is 0 Å². The Kier molecular flexibility index (Phi) is 5.49. The van der Waals surface area contributed by atoms with Crippen LogP contribution in [0.3, 0.4) is 0 Å². The van der Waals surface area contributed by atoms with Gasteiger partial charge >= 0.3 is 0 Å². The molecule has 5 heteroatoms. The molecular formula is C18H23N3OS. The zero-order valence-electron chi connectivity index (χ0n) is 13.5. The van der Waals surface area contributed by atoms with Crippen LogP contribution >= 0.6 is 11.8 Å². The predicted octanol–water partition coefficient (Wildman–Crippen LogP) is 3.62. The highest BCUT2D eigenvalue weighted by Crippen LogP contribution is 2.19. The first-order chi connectivity index (χ1) is 11.2. The monoisotopic (exact) mass is 329 g/mol. The molecule has 0 unspecified atom stereocenters. The third kappa shape index (κ3) is 4.44. The molecule has 0 atom stereocenters. The number of hydrogen-bond donors (Lipinski definition) is 1. The van der Waals surface area contributed by atoms with Crippen molar-refractivity contribution in [2.24, 2.45) is 0 Å². The van der Waals surface area contributed by atoms with Gasteiger partial charge in [-0.1, -0.05) is 31.4 Å². The molecule has 1 amide bonds. The van der Waals surface area contributed by atoms with Gasteiger partial charge in [-0.3, -0.25) is 4.79 Å². The lowest BCUT2D eigenvalue weighted by molar-refractivity contribution is -0.119. The summed E-state index contributed by atoms with van der Waals surface area (Å²) >= 11 is 1.61. The molecular weight excluding hydrogens is 306 g/mol. The Hall–Kier alpha value is -1.62. The Morgan fingerprint density at radius 1 is 1.17 bits per heavy atom. The van der Waals surface area contributed by atoms with Crippen LogP contribution in [-0.2, 0) is 10.5 Å². The minimum Gasteiger partial charge on any atom is -0.353 e. The summed E-state index contributed by atoms with van der Waals surface area (Å²) in [6.45, 7) is 1.98. The molecule has 0 spiro atoms. The second-order valence-corrected chi connectivity index (χ2v) is 7.13. The summed E-state index contributed by atoms with van der Waals surface area (Å²) in [5, 5.41) is 3.15. The van der Waals surface area contributed by atoms with Crippen molar-refractivity contribution in [2.45, 2.75) is 50.8 Å². The van der Waals surface area contributed by atoms with Crippen molar-refractivity contribution in [3.05, 3.63) is 35.7 Å². The van der Waals surface area contributed by atoms with Crippen LogP contribution in [0, 0.1) is 6.92 Å². The number of carbonyl (C=O) groups is 1. The number of nitrogens with one attached hydrogen (secondary N) is 1. The van der Waals surface area contributed by atoms with Crippen LogP contribution in [-0.4, -0.2) is 27.7 Å². The average molecular weight is 329 g/mol. The standard InChI is InChI=1S/C18H23N3OS/c1-13-17(21-16-10-6-5-9-15(16)19-13)11-23-12-18(22)20-14-7-3-2-4-8-14/h5-6,9-10,14H,2-4,7-8,11-12H2,1H3,(H,20,22). The fourth-order valence-corrected chi connectivity index (χ4v) is 3.86. The fourth-order valence-electron chi connectivity index (χ4n) is 3.02. The predicted molar refractivity (Wildman–Crippen MR) is 95.5 cm³/mol. The van der Waals surface area contributed by atoms with Gasteiger partial charge in [0, 0.05) is 11.8 Å². The van der Waals surface area contributed by atoms with E-state index >= 15 is 0 Å². The molecule has 4 nitrogen and oxygen atoms in total. The van der Waals surface area contributed by atoms with Gasteiger partial charge in [0.15, 0.2) is 0 Å². The van der Waals surface area contributed by atoms with Crippen molar-refractivity contribution >= 4 is 28.7 Å². The van der Waals surface area contributed by atoms with Crippen LogP contribution in [0.5, 0.6) is 0 Å². The zero-order valence-corrected chi connectivity index (χ0v) is 14.4. The van der Waals surface area contributed by atoms with Crippen LogP contribution in [0.25, 0.3) is 11.0 Å². The van der Waals surface area contributed by atoms with Gasteiger partial charge in [0.1, 0.15) is 0 Å². The number of amides is 1. The second kappa shape index (κ2) is 7.77. The van der Waals surface area contributed by atoms with Crippen molar-refractivity contribution in [1.82, 2.24) is 15.3 Å². The van der Waals surface area contributed by atoms with E-state index in [1.807, 2.05) is 31.2 Å². The molecule has 1 aromatic heterocycles. The SMILES string of the molecule is Cc1nc2ccccc2nc1CSCC(=O)NC1CCCCC1. The minimum absolute atomic E-state index is 0.147. The lowest BCUT2D eigenvalue weighted by Crippen LogP contribution is -2.37. The van der Waals surface area contributed by atoms with E-state index in [1.165, 1.54) is 19.3 Å². The Labute approximate surface area is 141 Å². The first-order valence-corrected chi connectivity index (χ1v) is 9.47. The maximum Gasteiger partial charge on any atom is 0.230 e.